The van der Waals surface area contributed by atoms with Crippen molar-refractivity contribution >= 4 is 33.8 Å². The van der Waals surface area contributed by atoms with Crippen LogP contribution in [0.1, 0.15) is 6.92 Å². The lowest BCUT2D eigenvalue weighted by Crippen LogP contribution is -2.16. The third kappa shape index (κ3) is 1.45. The van der Waals surface area contributed by atoms with Crippen molar-refractivity contribution in [2.45, 2.75) is 11.9 Å². The molecule has 0 aromatic heterocycles. The molecule has 0 fully saturated rings. The van der Waals surface area contributed by atoms with Gasteiger partial charge in [-0.15, -0.1) is 0 Å². The Labute approximate surface area is 61.0 Å². The van der Waals surface area contributed by atoms with Gasteiger partial charge in [-0.2, -0.15) is 0 Å². The van der Waals surface area contributed by atoms with Crippen molar-refractivity contribution in [3.05, 3.63) is 0 Å². The molecule has 1 aliphatic heterocycles. The van der Waals surface area contributed by atoms with E-state index in [1.54, 1.807) is 6.92 Å². The van der Waals surface area contributed by atoms with Crippen LogP contribution in [0.25, 0.3) is 0 Å². The third-order valence-corrected chi connectivity index (χ3v) is 1.50. The fraction of sp³-hybridized carbons (Fsp3) is 0.400. The molecule has 4 heteroatoms. The maximum Gasteiger partial charge on any atom is 0.281 e. The Morgan fingerprint density at radius 3 is 2.89 bits per heavy atom. The molecule has 9 heavy (non-hydrogen) atoms. The highest BCUT2D eigenvalue weighted by molar-refractivity contribution is 9.10. The fourth-order valence-electron chi connectivity index (χ4n) is 0.486. The highest BCUT2D eigenvalue weighted by Gasteiger charge is 2.14. The second-order valence-corrected chi connectivity index (χ2v) is 2.57. The molecule has 0 spiro atoms. The molecule has 3 nitrogen and oxygen atoms in total. The van der Waals surface area contributed by atoms with Crippen molar-refractivity contribution in [2.24, 2.45) is 9.98 Å². The van der Waals surface area contributed by atoms with E-state index in [-0.39, 0.29) is 5.91 Å². The van der Waals surface area contributed by atoms with E-state index in [1.807, 2.05) is 0 Å². The first-order valence-corrected chi connectivity index (χ1v) is 3.38. The summed E-state index contributed by atoms with van der Waals surface area (Å²) in [4.78, 5) is 17.6. The maximum absolute atomic E-state index is 10.6. The molecule has 0 N–H and O–H groups in total. The number of alkyl halides is 1. The molecule has 0 radical (unpaired) electrons. The number of hydrogen-bond acceptors (Lipinski definition) is 2. The van der Waals surface area contributed by atoms with Crippen molar-refractivity contribution < 1.29 is 4.79 Å². The van der Waals surface area contributed by atoms with E-state index < -0.39 is 4.95 Å². The predicted octanol–water partition coefficient (Wildman–Crippen LogP) is 0.779. The number of carbonyl (C=O) groups is 1. The standard InChI is InChI=1S/C5H5BrN2O/c1-3-2-7-5(9)4(6)8-3/h2,4H,1H3. The number of hydrogen-bond donors (Lipinski definition) is 0. The van der Waals surface area contributed by atoms with Crippen molar-refractivity contribution in [3.8, 4) is 0 Å². The van der Waals surface area contributed by atoms with Gasteiger partial charge in [0, 0.05) is 0 Å². The summed E-state index contributed by atoms with van der Waals surface area (Å²) in [6.45, 7) is 1.80. The monoisotopic (exact) mass is 188 g/mol. The van der Waals surface area contributed by atoms with E-state index in [9.17, 15) is 4.79 Å². The molecule has 48 valence electrons. The molecule has 0 aromatic rings. The number of carbonyl (C=O) groups excluding carboxylic acids is 1. The molecule has 1 heterocycles. The molecule has 0 saturated heterocycles. The number of halogens is 1. The average molecular weight is 189 g/mol. The van der Waals surface area contributed by atoms with Gasteiger partial charge < -0.3 is 0 Å². The van der Waals surface area contributed by atoms with E-state index in [0.717, 1.165) is 5.71 Å². The lowest BCUT2D eigenvalue weighted by Gasteiger charge is -2.03. The van der Waals surface area contributed by atoms with Crippen LogP contribution in [0.4, 0.5) is 0 Å². The van der Waals surface area contributed by atoms with Crippen molar-refractivity contribution in [1.82, 2.24) is 0 Å². The molecular weight excluding hydrogens is 184 g/mol. The first-order chi connectivity index (χ1) is 4.20. The summed E-state index contributed by atoms with van der Waals surface area (Å²) in [6, 6.07) is 0. The first-order valence-electron chi connectivity index (χ1n) is 2.46. The molecule has 0 aromatic carbocycles. The normalized spacial score (nSPS) is 26.2. The van der Waals surface area contributed by atoms with Gasteiger partial charge in [-0.1, -0.05) is 15.9 Å². The van der Waals surface area contributed by atoms with Gasteiger partial charge in [-0.25, -0.2) is 4.99 Å². The van der Waals surface area contributed by atoms with Crippen LogP contribution in [0.5, 0.6) is 0 Å². The number of rotatable bonds is 0. The predicted molar refractivity (Wildman–Crippen MR) is 39.3 cm³/mol. The zero-order valence-electron chi connectivity index (χ0n) is 4.84. The van der Waals surface area contributed by atoms with Crippen LogP contribution < -0.4 is 0 Å². The van der Waals surface area contributed by atoms with Crippen LogP contribution in [0.15, 0.2) is 9.98 Å². The largest absolute Gasteiger partial charge is 0.281 e. The summed E-state index contributed by atoms with van der Waals surface area (Å²) in [6.07, 6.45) is 1.46. The summed E-state index contributed by atoms with van der Waals surface area (Å²) in [5.74, 6) is -0.236. The minimum atomic E-state index is -0.456. The molecular formula is C5H5BrN2O. The van der Waals surface area contributed by atoms with Crippen molar-refractivity contribution in [3.63, 3.8) is 0 Å². The van der Waals surface area contributed by atoms with Crippen LogP contribution in [-0.2, 0) is 4.79 Å². The second-order valence-electron chi connectivity index (χ2n) is 1.70. The molecule has 1 aliphatic rings. The van der Waals surface area contributed by atoms with Gasteiger partial charge in [0.15, 0.2) is 4.95 Å². The van der Waals surface area contributed by atoms with Crippen molar-refractivity contribution in [2.75, 3.05) is 0 Å². The van der Waals surface area contributed by atoms with Gasteiger partial charge >= 0.3 is 0 Å². The third-order valence-electron chi connectivity index (χ3n) is 0.899. The number of nitrogens with zero attached hydrogens (tertiary/aromatic N) is 2. The topological polar surface area (TPSA) is 41.8 Å². The van der Waals surface area contributed by atoms with Crippen LogP contribution in [0.2, 0.25) is 0 Å². The lowest BCUT2D eigenvalue weighted by molar-refractivity contribution is -0.117. The molecule has 1 amide bonds. The quantitative estimate of drug-likeness (QED) is 0.410. The Morgan fingerprint density at radius 1 is 1.78 bits per heavy atom. The van der Waals surface area contributed by atoms with E-state index in [0.29, 0.717) is 0 Å². The summed E-state index contributed by atoms with van der Waals surface area (Å²) >= 11 is 3.04. The van der Waals surface area contributed by atoms with Gasteiger partial charge in [0.25, 0.3) is 5.91 Å². The van der Waals surface area contributed by atoms with Gasteiger partial charge in [-0.3, -0.25) is 9.79 Å². The van der Waals surface area contributed by atoms with Gasteiger partial charge in [0.05, 0.1) is 11.9 Å². The Bertz CT molecular complexity index is 197. The second kappa shape index (κ2) is 2.39. The van der Waals surface area contributed by atoms with Gasteiger partial charge in [0.1, 0.15) is 0 Å². The Kier molecular flexibility index (Phi) is 1.75. The van der Waals surface area contributed by atoms with Crippen LogP contribution in [0.3, 0.4) is 0 Å². The lowest BCUT2D eigenvalue weighted by atomic mass is 10.4. The van der Waals surface area contributed by atoms with Crippen molar-refractivity contribution in [1.29, 1.82) is 0 Å². The minimum Gasteiger partial charge on any atom is -0.269 e. The molecule has 1 unspecified atom stereocenters. The average Bonchev–Trinajstić information content (AvgIpc) is 1.80. The summed E-state index contributed by atoms with van der Waals surface area (Å²) < 4.78 is 0. The zero-order valence-corrected chi connectivity index (χ0v) is 6.42. The summed E-state index contributed by atoms with van der Waals surface area (Å²) in [5.41, 5.74) is 0.775. The van der Waals surface area contributed by atoms with E-state index in [2.05, 4.69) is 25.9 Å². The summed E-state index contributed by atoms with van der Waals surface area (Å²) in [7, 11) is 0. The van der Waals surface area contributed by atoms with E-state index >= 15 is 0 Å². The number of aliphatic imine (C=N–C) groups is 2. The Hall–Kier alpha value is -0.510. The van der Waals surface area contributed by atoms with Crippen LogP contribution in [0, 0.1) is 0 Å². The number of amides is 1. The fourth-order valence-corrected chi connectivity index (χ4v) is 0.927. The SMILES string of the molecule is CC1=NC(Br)C(=O)N=C1. The van der Waals surface area contributed by atoms with Gasteiger partial charge in [-0.05, 0) is 6.92 Å². The van der Waals surface area contributed by atoms with Crippen LogP contribution in [-0.4, -0.2) is 22.8 Å². The summed E-state index contributed by atoms with van der Waals surface area (Å²) in [5, 5.41) is 0. The highest BCUT2D eigenvalue weighted by Crippen LogP contribution is 2.06. The first kappa shape index (κ1) is 6.61. The smallest absolute Gasteiger partial charge is 0.269 e. The molecule has 0 bridgehead atoms. The zero-order chi connectivity index (χ0) is 6.85. The van der Waals surface area contributed by atoms with E-state index in [1.165, 1.54) is 6.21 Å². The Balaban J connectivity index is 2.82. The Morgan fingerprint density at radius 2 is 2.44 bits per heavy atom. The highest BCUT2D eigenvalue weighted by atomic mass is 79.9. The van der Waals surface area contributed by atoms with E-state index in [4.69, 9.17) is 0 Å². The van der Waals surface area contributed by atoms with Crippen LogP contribution >= 0.6 is 15.9 Å². The molecule has 0 saturated carbocycles. The maximum atomic E-state index is 10.6. The minimum absolute atomic E-state index is 0.236. The molecule has 1 rings (SSSR count). The molecule has 1 atom stereocenters. The molecule has 0 aliphatic carbocycles. The van der Waals surface area contributed by atoms with Gasteiger partial charge in [0.2, 0.25) is 0 Å².